The molecule has 2 aliphatic carbocycles. The second-order valence-electron chi connectivity index (χ2n) is 9.36. The highest BCUT2D eigenvalue weighted by molar-refractivity contribution is 5.86. The van der Waals surface area contributed by atoms with Gasteiger partial charge in [-0.05, 0) is 54.0 Å². The van der Waals surface area contributed by atoms with Crippen LogP contribution < -0.4 is 4.74 Å². The molecule has 0 amide bonds. The van der Waals surface area contributed by atoms with Crippen molar-refractivity contribution in [1.82, 2.24) is 0 Å². The highest BCUT2D eigenvalue weighted by Gasteiger charge is 2.78. The van der Waals surface area contributed by atoms with Crippen LogP contribution in [-0.2, 0) is 14.3 Å². The molecule has 2 aromatic carbocycles. The van der Waals surface area contributed by atoms with Gasteiger partial charge in [-0.2, -0.15) is 5.26 Å². The third kappa shape index (κ3) is 4.23. The molecule has 0 aliphatic heterocycles. The molecule has 0 spiro atoms. The van der Waals surface area contributed by atoms with Crippen molar-refractivity contribution < 1.29 is 24.2 Å². The SMILES string of the molecule is CC1(C)[C@H](/C=C\C(=O)OCC2CC2)[C@@]1(C(=O)O)[C@@H](C#N)c1cccc(Oc2ccccc2)c1. The van der Waals surface area contributed by atoms with Crippen molar-refractivity contribution in [2.45, 2.75) is 32.6 Å². The predicted molar refractivity (Wildman–Crippen MR) is 121 cm³/mol. The Morgan fingerprint density at radius 3 is 2.48 bits per heavy atom. The quantitative estimate of drug-likeness (QED) is 0.414. The van der Waals surface area contributed by atoms with Crippen LogP contribution in [0.4, 0.5) is 0 Å². The third-order valence-electron chi connectivity index (χ3n) is 6.94. The van der Waals surface area contributed by atoms with Crippen LogP contribution >= 0.6 is 0 Å². The largest absolute Gasteiger partial charge is 0.481 e. The Morgan fingerprint density at radius 2 is 1.85 bits per heavy atom. The summed E-state index contributed by atoms with van der Waals surface area (Å²) < 4.78 is 11.1. The molecule has 2 aliphatic rings. The number of aliphatic carboxylic acids is 1. The second kappa shape index (κ2) is 8.74. The van der Waals surface area contributed by atoms with Gasteiger partial charge in [-0.1, -0.05) is 50.3 Å². The molecule has 3 atom stereocenters. The minimum Gasteiger partial charge on any atom is -0.481 e. The van der Waals surface area contributed by atoms with Gasteiger partial charge in [0, 0.05) is 12.0 Å². The fourth-order valence-corrected chi connectivity index (χ4v) is 4.84. The zero-order chi connectivity index (χ0) is 23.6. The van der Waals surface area contributed by atoms with Gasteiger partial charge in [-0.3, -0.25) is 4.79 Å². The van der Waals surface area contributed by atoms with Crippen LogP contribution in [0.3, 0.4) is 0 Å². The van der Waals surface area contributed by atoms with Gasteiger partial charge in [-0.25, -0.2) is 4.79 Å². The van der Waals surface area contributed by atoms with Crippen molar-refractivity contribution in [3.63, 3.8) is 0 Å². The van der Waals surface area contributed by atoms with Crippen molar-refractivity contribution in [2.24, 2.45) is 22.7 Å². The maximum absolute atomic E-state index is 12.6. The fourth-order valence-electron chi connectivity index (χ4n) is 4.84. The lowest BCUT2D eigenvalue weighted by Crippen LogP contribution is -2.28. The lowest BCUT2D eigenvalue weighted by molar-refractivity contribution is -0.145. The number of nitriles is 1. The summed E-state index contributed by atoms with van der Waals surface area (Å²) in [6.45, 7) is 4.04. The topological polar surface area (TPSA) is 96.6 Å². The summed E-state index contributed by atoms with van der Waals surface area (Å²) in [5.41, 5.74) is -1.54. The summed E-state index contributed by atoms with van der Waals surface area (Å²) in [5.74, 6) is -1.35. The van der Waals surface area contributed by atoms with Crippen LogP contribution in [0.5, 0.6) is 11.5 Å². The van der Waals surface area contributed by atoms with Crippen molar-refractivity contribution in [3.05, 3.63) is 72.3 Å². The van der Waals surface area contributed by atoms with Crippen molar-refractivity contribution in [3.8, 4) is 17.6 Å². The number of allylic oxidation sites excluding steroid dienone is 1. The first-order valence-electron chi connectivity index (χ1n) is 11.1. The summed E-state index contributed by atoms with van der Waals surface area (Å²) in [6, 6.07) is 18.4. The molecule has 6 heteroatoms. The van der Waals surface area contributed by atoms with E-state index in [0.717, 1.165) is 12.8 Å². The van der Waals surface area contributed by atoms with E-state index in [0.29, 0.717) is 29.6 Å². The number of carbonyl (C=O) groups is 2. The van der Waals surface area contributed by atoms with E-state index < -0.39 is 34.6 Å². The second-order valence-corrected chi connectivity index (χ2v) is 9.36. The smallest absolute Gasteiger partial charge is 0.330 e. The third-order valence-corrected chi connectivity index (χ3v) is 6.94. The average Bonchev–Trinajstić information content (AvgIpc) is 3.69. The van der Waals surface area contributed by atoms with Crippen LogP contribution in [0.15, 0.2) is 66.7 Å². The summed E-state index contributed by atoms with van der Waals surface area (Å²) >= 11 is 0. The normalized spacial score (nSPS) is 24.0. The van der Waals surface area contributed by atoms with Crippen LogP contribution in [-0.4, -0.2) is 23.7 Å². The zero-order valence-corrected chi connectivity index (χ0v) is 18.7. The molecular weight excluding hydrogens is 418 g/mol. The molecule has 0 radical (unpaired) electrons. The molecule has 0 aromatic heterocycles. The van der Waals surface area contributed by atoms with Crippen LogP contribution in [0.2, 0.25) is 0 Å². The van der Waals surface area contributed by atoms with E-state index in [1.807, 2.05) is 44.2 Å². The van der Waals surface area contributed by atoms with E-state index in [-0.39, 0.29) is 0 Å². The van der Waals surface area contributed by atoms with E-state index in [9.17, 15) is 20.0 Å². The molecule has 4 rings (SSSR count). The van der Waals surface area contributed by atoms with Gasteiger partial charge >= 0.3 is 11.9 Å². The fraction of sp³-hybridized carbons (Fsp3) is 0.370. The molecule has 0 heterocycles. The summed E-state index contributed by atoms with van der Waals surface area (Å²) in [7, 11) is 0. The van der Waals surface area contributed by atoms with Gasteiger partial charge in [0.2, 0.25) is 0 Å². The predicted octanol–water partition coefficient (Wildman–Crippen LogP) is 5.32. The molecule has 6 nitrogen and oxygen atoms in total. The van der Waals surface area contributed by atoms with Crippen molar-refractivity contribution in [1.29, 1.82) is 5.26 Å². The maximum atomic E-state index is 12.6. The van der Waals surface area contributed by atoms with E-state index in [1.54, 1.807) is 30.3 Å². The zero-order valence-electron chi connectivity index (χ0n) is 18.7. The Bertz CT molecular complexity index is 1110. The number of nitrogens with zero attached hydrogens (tertiary/aromatic N) is 1. The van der Waals surface area contributed by atoms with Gasteiger partial charge in [0.05, 0.1) is 18.6 Å². The van der Waals surface area contributed by atoms with Gasteiger partial charge in [0.15, 0.2) is 0 Å². The number of para-hydroxylation sites is 1. The minimum absolute atomic E-state index is 0.399. The van der Waals surface area contributed by atoms with Gasteiger partial charge in [-0.15, -0.1) is 0 Å². The molecule has 0 bridgehead atoms. The number of benzene rings is 2. The number of esters is 1. The van der Waals surface area contributed by atoms with E-state index in [1.165, 1.54) is 6.08 Å². The van der Waals surface area contributed by atoms with Crippen molar-refractivity contribution >= 4 is 11.9 Å². The van der Waals surface area contributed by atoms with E-state index in [2.05, 4.69) is 6.07 Å². The Morgan fingerprint density at radius 1 is 1.15 bits per heavy atom. The Balaban J connectivity index is 1.59. The van der Waals surface area contributed by atoms with Gasteiger partial charge in [0.25, 0.3) is 0 Å². The maximum Gasteiger partial charge on any atom is 0.330 e. The molecule has 0 saturated heterocycles. The highest BCUT2D eigenvalue weighted by atomic mass is 16.5. The molecule has 2 saturated carbocycles. The van der Waals surface area contributed by atoms with Gasteiger partial charge < -0.3 is 14.6 Å². The number of carboxylic acids is 1. The van der Waals surface area contributed by atoms with Crippen LogP contribution in [0.1, 0.15) is 38.2 Å². The van der Waals surface area contributed by atoms with E-state index >= 15 is 0 Å². The molecule has 0 unspecified atom stereocenters. The standard InChI is InChI=1S/C27H27NO5/c1-26(2)23(13-14-24(29)32-17-18-11-12-18)27(26,25(30)31)22(16-28)19-7-6-10-21(15-19)33-20-8-4-3-5-9-20/h3-10,13-15,18,22-23H,11-12,17H2,1-2H3,(H,30,31)/b14-13-/t22-,23-,27+/m0/s1. The van der Waals surface area contributed by atoms with Crippen LogP contribution in [0.25, 0.3) is 0 Å². The first-order valence-corrected chi connectivity index (χ1v) is 11.1. The number of rotatable bonds is 9. The van der Waals surface area contributed by atoms with Crippen LogP contribution in [0, 0.1) is 34.0 Å². The summed E-state index contributed by atoms with van der Waals surface area (Å²) in [5, 5.41) is 20.4. The summed E-state index contributed by atoms with van der Waals surface area (Å²) in [6.07, 6.45) is 5.05. The minimum atomic E-state index is -1.37. The number of hydrogen-bond donors (Lipinski definition) is 1. The Hall–Kier alpha value is -3.59. The molecule has 1 N–H and O–H groups in total. The highest BCUT2D eigenvalue weighted by Crippen LogP contribution is 2.75. The Kier molecular flexibility index (Phi) is 5.99. The lowest BCUT2D eigenvalue weighted by Gasteiger charge is -2.22. The molecule has 2 fully saturated rings. The van der Waals surface area contributed by atoms with Crippen molar-refractivity contribution in [2.75, 3.05) is 6.61 Å². The first-order chi connectivity index (χ1) is 15.8. The molecule has 170 valence electrons. The summed E-state index contributed by atoms with van der Waals surface area (Å²) in [4.78, 5) is 24.7. The number of carboxylic acid groups (broad SMARTS) is 1. The first kappa shape index (κ1) is 22.6. The van der Waals surface area contributed by atoms with E-state index in [4.69, 9.17) is 9.47 Å². The number of hydrogen-bond acceptors (Lipinski definition) is 5. The number of carbonyl (C=O) groups excluding carboxylic acids is 1. The monoisotopic (exact) mass is 445 g/mol. The average molecular weight is 446 g/mol. The van der Waals surface area contributed by atoms with Gasteiger partial charge in [0.1, 0.15) is 16.9 Å². The lowest BCUT2D eigenvalue weighted by atomic mass is 9.78. The molecule has 33 heavy (non-hydrogen) atoms. The number of ether oxygens (including phenoxy) is 2. The molecule has 2 aromatic rings. The Labute approximate surface area is 193 Å². The molecular formula is C27H27NO5.